The van der Waals surface area contributed by atoms with Gasteiger partial charge in [-0.3, -0.25) is 9.69 Å². The Balaban J connectivity index is 1.40. The summed E-state index contributed by atoms with van der Waals surface area (Å²) in [6, 6.07) is 19.2. The van der Waals surface area contributed by atoms with Crippen LogP contribution >= 0.6 is 0 Å². The van der Waals surface area contributed by atoms with Crippen LogP contribution in [0.25, 0.3) is 10.8 Å². The van der Waals surface area contributed by atoms with E-state index in [0.717, 1.165) is 27.6 Å². The van der Waals surface area contributed by atoms with Crippen molar-refractivity contribution in [3.05, 3.63) is 71.8 Å². The largest absolute Gasteiger partial charge is 0.324 e. The zero-order valence-corrected chi connectivity index (χ0v) is 21.8. The topological polar surface area (TPSA) is 69.7 Å². The van der Waals surface area contributed by atoms with Gasteiger partial charge in [0, 0.05) is 31.9 Å². The number of nitrogens with one attached hydrogen (secondary N) is 1. The highest BCUT2D eigenvalue weighted by molar-refractivity contribution is 7.89. The number of amides is 1. The van der Waals surface area contributed by atoms with Gasteiger partial charge in [0.05, 0.1) is 11.4 Å². The number of carbonyl (C=O) groups is 1. The predicted octanol–water partition coefficient (Wildman–Crippen LogP) is 5.03. The first-order chi connectivity index (χ1) is 16.7. The molecule has 0 aliphatic carbocycles. The van der Waals surface area contributed by atoms with E-state index in [2.05, 4.69) is 51.2 Å². The molecule has 1 aliphatic heterocycles. The number of benzene rings is 3. The van der Waals surface area contributed by atoms with Crippen molar-refractivity contribution in [3.63, 3.8) is 0 Å². The van der Waals surface area contributed by atoms with E-state index in [0.29, 0.717) is 42.9 Å². The molecular weight excluding hydrogens is 458 g/mol. The number of piperazine rings is 1. The maximum absolute atomic E-state index is 13.2. The summed E-state index contributed by atoms with van der Waals surface area (Å²) in [7, 11) is -3.58. The summed E-state index contributed by atoms with van der Waals surface area (Å²) in [6.45, 7) is 10.5. The molecule has 1 fully saturated rings. The third kappa shape index (κ3) is 5.58. The van der Waals surface area contributed by atoms with E-state index in [1.807, 2.05) is 35.2 Å². The number of para-hydroxylation sites is 1. The Hall–Kier alpha value is -2.74. The van der Waals surface area contributed by atoms with Gasteiger partial charge in [0.25, 0.3) is 0 Å². The van der Waals surface area contributed by atoms with Gasteiger partial charge in [0.1, 0.15) is 0 Å². The molecule has 35 heavy (non-hydrogen) atoms. The molecule has 186 valence electrons. The molecule has 1 N–H and O–H groups in total. The van der Waals surface area contributed by atoms with Gasteiger partial charge in [-0.05, 0) is 45.9 Å². The van der Waals surface area contributed by atoms with Crippen molar-refractivity contribution in [2.75, 3.05) is 38.0 Å². The first kappa shape index (κ1) is 25.4. The molecule has 7 heteroatoms. The van der Waals surface area contributed by atoms with Crippen LogP contribution in [0.15, 0.2) is 65.6 Å². The summed E-state index contributed by atoms with van der Waals surface area (Å²) in [4.78, 5) is 15.3. The summed E-state index contributed by atoms with van der Waals surface area (Å²) >= 11 is 0. The van der Waals surface area contributed by atoms with E-state index in [-0.39, 0.29) is 12.5 Å². The maximum atomic E-state index is 13.2. The third-order valence-electron chi connectivity index (χ3n) is 6.69. The van der Waals surface area contributed by atoms with Crippen LogP contribution in [0.4, 0.5) is 5.69 Å². The lowest BCUT2D eigenvalue weighted by Gasteiger charge is -2.33. The van der Waals surface area contributed by atoms with Crippen molar-refractivity contribution in [1.29, 1.82) is 0 Å². The van der Waals surface area contributed by atoms with Crippen LogP contribution in [0, 0.1) is 0 Å². The minimum absolute atomic E-state index is 0.0640. The Kier molecular flexibility index (Phi) is 7.59. The van der Waals surface area contributed by atoms with Crippen molar-refractivity contribution in [3.8, 4) is 0 Å². The standard InChI is InChI=1S/C28H35N3O3S/c1-20(2)25-10-7-11-26(21(3)4)28(25)29-27(32)19-30-14-16-31(17-15-30)35(33,34)24-13-12-22-8-5-6-9-23(22)18-24/h5-13,18,20-21H,14-17,19H2,1-4H3,(H,29,32). The van der Waals surface area contributed by atoms with Gasteiger partial charge >= 0.3 is 0 Å². The molecule has 0 bridgehead atoms. The lowest BCUT2D eigenvalue weighted by molar-refractivity contribution is -0.117. The van der Waals surface area contributed by atoms with Crippen molar-refractivity contribution < 1.29 is 13.2 Å². The molecule has 0 saturated carbocycles. The third-order valence-corrected chi connectivity index (χ3v) is 8.59. The summed E-state index contributed by atoms with van der Waals surface area (Å²) in [6.07, 6.45) is 0. The molecule has 1 aliphatic rings. The second-order valence-electron chi connectivity index (χ2n) is 9.86. The fraction of sp³-hybridized carbons (Fsp3) is 0.393. The van der Waals surface area contributed by atoms with Gasteiger partial charge < -0.3 is 5.32 Å². The second-order valence-corrected chi connectivity index (χ2v) is 11.8. The summed E-state index contributed by atoms with van der Waals surface area (Å²) in [5.41, 5.74) is 3.19. The molecule has 3 aromatic carbocycles. The van der Waals surface area contributed by atoms with Gasteiger partial charge in [-0.1, -0.05) is 76.2 Å². The average Bonchev–Trinajstić information content (AvgIpc) is 2.83. The van der Waals surface area contributed by atoms with E-state index in [1.165, 1.54) is 4.31 Å². The molecule has 4 rings (SSSR count). The molecule has 0 spiro atoms. The molecule has 0 unspecified atom stereocenters. The number of hydrogen-bond donors (Lipinski definition) is 1. The van der Waals surface area contributed by atoms with E-state index in [9.17, 15) is 13.2 Å². The number of nitrogens with zero attached hydrogens (tertiary/aromatic N) is 2. The summed E-state index contributed by atoms with van der Waals surface area (Å²) < 4.78 is 28.0. The monoisotopic (exact) mass is 493 g/mol. The minimum Gasteiger partial charge on any atom is -0.324 e. The van der Waals surface area contributed by atoms with E-state index >= 15 is 0 Å². The molecule has 6 nitrogen and oxygen atoms in total. The first-order valence-corrected chi connectivity index (χ1v) is 13.7. The van der Waals surface area contributed by atoms with Crippen molar-refractivity contribution in [1.82, 2.24) is 9.21 Å². The second kappa shape index (κ2) is 10.5. The van der Waals surface area contributed by atoms with Crippen LogP contribution < -0.4 is 5.32 Å². The average molecular weight is 494 g/mol. The van der Waals surface area contributed by atoms with Crippen LogP contribution in [0.1, 0.15) is 50.7 Å². The lowest BCUT2D eigenvalue weighted by atomic mass is 9.92. The SMILES string of the molecule is CC(C)c1cccc(C(C)C)c1NC(=O)CN1CCN(S(=O)(=O)c2ccc3ccccc3c2)CC1. The van der Waals surface area contributed by atoms with Crippen molar-refractivity contribution in [2.45, 2.75) is 44.4 Å². The molecular formula is C28H35N3O3S. The molecule has 3 aromatic rings. The van der Waals surface area contributed by atoms with Crippen molar-refractivity contribution >= 4 is 32.4 Å². The number of hydrogen-bond acceptors (Lipinski definition) is 4. The quantitative estimate of drug-likeness (QED) is 0.501. The Morgan fingerprint density at radius 2 is 1.43 bits per heavy atom. The van der Waals surface area contributed by atoms with Crippen molar-refractivity contribution in [2.24, 2.45) is 0 Å². The zero-order chi connectivity index (χ0) is 25.2. The molecule has 0 aromatic heterocycles. The van der Waals surface area contributed by atoms with Gasteiger partial charge in [-0.2, -0.15) is 4.31 Å². The zero-order valence-electron chi connectivity index (χ0n) is 21.0. The lowest BCUT2D eigenvalue weighted by Crippen LogP contribution is -2.50. The number of anilines is 1. The highest BCUT2D eigenvalue weighted by Crippen LogP contribution is 2.32. The van der Waals surface area contributed by atoms with Gasteiger partial charge in [-0.25, -0.2) is 8.42 Å². The van der Waals surface area contributed by atoms with E-state index in [4.69, 9.17) is 0 Å². The summed E-state index contributed by atoms with van der Waals surface area (Å²) in [5, 5.41) is 5.09. The molecule has 1 heterocycles. The fourth-order valence-corrected chi connectivity index (χ4v) is 6.14. The Morgan fingerprint density at radius 3 is 2.03 bits per heavy atom. The molecule has 0 radical (unpaired) electrons. The van der Waals surface area contributed by atoms with Crippen LogP contribution in [0.3, 0.4) is 0 Å². The smallest absolute Gasteiger partial charge is 0.243 e. The van der Waals surface area contributed by atoms with Gasteiger partial charge in [0.2, 0.25) is 15.9 Å². The number of fused-ring (bicyclic) bond motifs is 1. The van der Waals surface area contributed by atoms with Crippen LogP contribution in [-0.4, -0.2) is 56.3 Å². The van der Waals surface area contributed by atoms with E-state index in [1.54, 1.807) is 12.1 Å². The number of sulfonamides is 1. The molecule has 0 atom stereocenters. The normalized spacial score (nSPS) is 15.7. The van der Waals surface area contributed by atoms with Crippen LogP contribution in [-0.2, 0) is 14.8 Å². The maximum Gasteiger partial charge on any atom is 0.243 e. The Labute approximate surface area is 209 Å². The first-order valence-electron chi connectivity index (χ1n) is 12.3. The molecule has 1 amide bonds. The Morgan fingerprint density at radius 1 is 0.829 bits per heavy atom. The van der Waals surface area contributed by atoms with Crippen LogP contribution in [0.2, 0.25) is 0 Å². The van der Waals surface area contributed by atoms with Crippen LogP contribution in [0.5, 0.6) is 0 Å². The Bertz CT molecular complexity index is 1280. The highest BCUT2D eigenvalue weighted by Gasteiger charge is 2.29. The minimum atomic E-state index is -3.58. The summed E-state index contributed by atoms with van der Waals surface area (Å²) in [5.74, 6) is 0.534. The molecule has 1 saturated heterocycles. The number of carbonyl (C=O) groups excluding carboxylic acids is 1. The fourth-order valence-electron chi connectivity index (χ4n) is 4.68. The predicted molar refractivity (Wildman–Crippen MR) is 142 cm³/mol. The van der Waals surface area contributed by atoms with Gasteiger partial charge in [-0.15, -0.1) is 0 Å². The van der Waals surface area contributed by atoms with Gasteiger partial charge in [0.15, 0.2) is 0 Å². The highest BCUT2D eigenvalue weighted by atomic mass is 32.2. The number of rotatable bonds is 7. The van der Waals surface area contributed by atoms with E-state index < -0.39 is 10.0 Å².